The van der Waals surface area contributed by atoms with Gasteiger partial charge in [0.15, 0.2) is 5.96 Å². The van der Waals surface area contributed by atoms with Gasteiger partial charge in [-0.3, -0.25) is 4.90 Å². The van der Waals surface area contributed by atoms with Crippen LogP contribution < -0.4 is 10.6 Å². The highest BCUT2D eigenvalue weighted by atomic mass is 19.4. The minimum Gasteiger partial charge on any atom is -0.379 e. The number of alkyl halides is 3. The SMILES string of the molecule is CCNC(=NCc1ccc(COCC(F)(F)F)cc1)NCC(C)(C)N1CCOCC1. The summed E-state index contributed by atoms with van der Waals surface area (Å²) >= 11 is 0. The van der Waals surface area contributed by atoms with E-state index >= 15 is 0 Å². The van der Waals surface area contributed by atoms with Gasteiger partial charge in [0, 0.05) is 31.7 Å². The van der Waals surface area contributed by atoms with Crippen LogP contribution in [0.1, 0.15) is 31.9 Å². The molecule has 0 bridgehead atoms. The van der Waals surface area contributed by atoms with Gasteiger partial charge in [0.05, 0.1) is 26.4 Å². The predicted molar refractivity (Wildman–Crippen MR) is 111 cm³/mol. The Morgan fingerprint density at radius 1 is 1.10 bits per heavy atom. The van der Waals surface area contributed by atoms with Crippen LogP contribution >= 0.6 is 0 Å². The number of rotatable bonds is 9. The number of nitrogens with zero attached hydrogens (tertiary/aromatic N) is 2. The van der Waals surface area contributed by atoms with E-state index in [-0.39, 0.29) is 12.1 Å². The first kappa shape index (κ1) is 24.4. The molecule has 0 amide bonds. The van der Waals surface area contributed by atoms with Crippen LogP contribution in [-0.2, 0) is 22.6 Å². The summed E-state index contributed by atoms with van der Waals surface area (Å²) in [5.41, 5.74) is 1.64. The van der Waals surface area contributed by atoms with Crippen LogP contribution in [0.25, 0.3) is 0 Å². The number of morpholine rings is 1. The Morgan fingerprint density at radius 2 is 1.73 bits per heavy atom. The highest BCUT2D eigenvalue weighted by molar-refractivity contribution is 5.79. The van der Waals surface area contributed by atoms with Gasteiger partial charge in [-0.1, -0.05) is 24.3 Å². The highest BCUT2D eigenvalue weighted by Crippen LogP contribution is 2.16. The Bertz CT molecular complexity index is 657. The second kappa shape index (κ2) is 11.5. The average Bonchev–Trinajstić information content (AvgIpc) is 2.71. The molecule has 0 aliphatic carbocycles. The van der Waals surface area contributed by atoms with Crippen LogP contribution in [-0.4, -0.2) is 68.6 Å². The number of benzene rings is 1. The summed E-state index contributed by atoms with van der Waals surface area (Å²) < 4.78 is 46.6. The molecule has 170 valence electrons. The predicted octanol–water partition coefficient (Wildman–Crippen LogP) is 2.93. The molecule has 1 aromatic rings. The van der Waals surface area contributed by atoms with Crippen LogP contribution in [0.3, 0.4) is 0 Å². The van der Waals surface area contributed by atoms with Gasteiger partial charge < -0.3 is 20.1 Å². The van der Waals surface area contributed by atoms with E-state index in [2.05, 4.69) is 39.1 Å². The molecule has 0 atom stereocenters. The van der Waals surface area contributed by atoms with Gasteiger partial charge >= 0.3 is 6.18 Å². The lowest BCUT2D eigenvalue weighted by Gasteiger charge is -2.41. The maximum Gasteiger partial charge on any atom is 0.411 e. The molecule has 6 nitrogen and oxygen atoms in total. The average molecular weight is 431 g/mol. The van der Waals surface area contributed by atoms with Gasteiger partial charge in [-0.2, -0.15) is 13.2 Å². The molecular weight excluding hydrogens is 397 g/mol. The maximum absolute atomic E-state index is 12.1. The molecule has 0 radical (unpaired) electrons. The smallest absolute Gasteiger partial charge is 0.379 e. The van der Waals surface area contributed by atoms with Gasteiger partial charge in [0.2, 0.25) is 0 Å². The first-order chi connectivity index (χ1) is 14.2. The Kier molecular flexibility index (Phi) is 9.38. The lowest BCUT2D eigenvalue weighted by Crippen LogP contribution is -2.56. The topological polar surface area (TPSA) is 58.1 Å². The molecule has 1 aliphatic rings. The Labute approximate surface area is 176 Å². The largest absolute Gasteiger partial charge is 0.411 e. The Morgan fingerprint density at radius 3 is 2.33 bits per heavy atom. The molecule has 0 aromatic heterocycles. The molecule has 0 unspecified atom stereocenters. The molecular formula is C21H33F3N4O2. The van der Waals surface area contributed by atoms with Crippen LogP contribution in [0.4, 0.5) is 13.2 Å². The number of nitrogens with one attached hydrogen (secondary N) is 2. The van der Waals surface area contributed by atoms with E-state index in [4.69, 9.17) is 4.74 Å². The summed E-state index contributed by atoms with van der Waals surface area (Å²) in [5.74, 6) is 0.733. The van der Waals surface area contributed by atoms with E-state index in [1.54, 1.807) is 12.1 Å². The van der Waals surface area contributed by atoms with Gasteiger partial charge in [-0.05, 0) is 31.9 Å². The quantitative estimate of drug-likeness (QED) is 0.466. The number of ether oxygens (including phenoxy) is 2. The van der Waals surface area contributed by atoms with Crippen LogP contribution in [0.5, 0.6) is 0 Å². The number of hydrogen-bond donors (Lipinski definition) is 2. The van der Waals surface area contributed by atoms with E-state index in [1.807, 2.05) is 19.1 Å². The number of halogens is 3. The first-order valence-electron chi connectivity index (χ1n) is 10.3. The molecule has 2 N–H and O–H groups in total. The van der Waals surface area contributed by atoms with E-state index in [9.17, 15) is 13.2 Å². The lowest BCUT2D eigenvalue weighted by atomic mass is 10.0. The molecule has 30 heavy (non-hydrogen) atoms. The summed E-state index contributed by atoms with van der Waals surface area (Å²) in [6.07, 6.45) is -4.30. The molecule has 1 fully saturated rings. The number of hydrogen-bond acceptors (Lipinski definition) is 4. The molecule has 0 spiro atoms. The molecule has 1 aromatic carbocycles. The monoisotopic (exact) mass is 430 g/mol. The van der Waals surface area contributed by atoms with Crippen molar-refractivity contribution in [3.8, 4) is 0 Å². The van der Waals surface area contributed by atoms with Crippen LogP contribution in [0, 0.1) is 0 Å². The van der Waals surface area contributed by atoms with Crippen molar-refractivity contribution in [3.63, 3.8) is 0 Å². The van der Waals surface area contributed by atoms with Crippen molar-refractivity contribution in [2.75, 3.05) is 46.0 Å². The molecule has 9 heteroatoms. The van der Waals surface area contributed by atoms with Crippen LogP contribution in [0.2, 0.25) is 0 Å². The van der Waals surface area contributed by atoms with Crippen molar-refractivity contribution in [2.24, 2.45) is 4.99 Å². The minimum absolute atomic E-state index is 0.0297. The normalized spacial score (nSPS) is 16.5. The molecule has 2 rings (SSSR count). The summed E-state index contributed by atoms with van der Waals surface area (Å²) in [6, 6.07) is 7.25. The van der Waals surface area contributed by atoms with Crippen molar-refractivity contribution < 1.29 is 22.6 Å². The summed E-state index contributed by atoms with van der Waals surface area (Å²) in [5, 5.41) is 6.66. The Hall–Kier alpha value is -1.84. The fourth-order valence-corrected chi connectivity index (χ4v) is 3.12. The maximum atomic E-state index is 12.1. The summed E-state index contributed by atoms with van der Waals surface area (Å²) in [7, 11) is 0. The van der Waals surface area contributed by atoms with Crippen molar-refractivity contribution in [3.05, 3.63) is 35.4 Å². The van der Waals surface area contributed by atoms with Crippen molar-refractivity contribution in [1.29, 1.82) is 0 Å². The van der Waals surface area contributed by atoms with Crippen molar-refractivity contribution in [1.82, 2.24) is 15.5 Å². The minimum atomic E-state index is -4.30. The standard InChI is InChI=1S/C21H33F3N4O2/c1-4-25-19(27-15-20(2,3)28-9-11-29-12-10-28)26-13-17-5-7-18(8-6-17)14-30-16-21(22,23)24/h5-8H,4,9-16H2,1-3H3,(H2,25,26,27). The van der Waals surface area contributed by atoms with Crippen molar-refractivity contribution >= 4 is 5.96 Å². The van der Waals surface area contributed by atoms with E-state index in [0.29, 0.717) is 12.1 Å². The first-order valence-corrected chi connectivity index (χ1v) is 10.3. The molecule has 0 saturated carbocycles. The zero-order valence-electron chi connectivity index (χ0n) is 18.0. The molecule has 1 aliphatic heterocycles. The van der Waals surface area contributed by atoms with Gasteiger partial charge in [-0.15, -0.1) is 0 Å². The van der Waals surface area contributed by atoms with E-state index in [1.165, 1.54) is 0 Å². The fourth-order valence-electron chi connectivity index (χ4n) is 3.12. The number of guanidine groups is 1. The fraction of sp³-hybridized carbons (Fsp3) is 0.667. The number of aliphatic imine (C=N–C) groups is 1. The van der Waals surface area contributed by atoms with Gasteiger partial charge in [0.1, 0.15) is 6.61 Å². The van der Waals surface area contributed by atoms with E-state index < -0.39 is 12.8 Å². The zero-order valence-corrected chi connectivity index (χ0v) is 18.0. The summed E-state index contributed by atoms with van der Waals surface area (Å²) in [6.45, 7) is 10.4. The second-order valence-corrected chi connectivity index (χ2v) is 7.89. The van der Waals surface area contributed by atoms with Gasteiger partial charge in [0.25, 0.3) is 0 Å². The second-order valence-electron chi connectivity index (χ2n) is 7.89. The molecule has 1 saturated heterocycles. The van der Waals surface area contributed by atoms with Crippen LogP contribution in [0.15, 0.2) is 29.3 Å². The zero-order chi connectivity index (χ0) is 22.0. The van der Waals surface area contributed by atoms with Gasteiger partial charge in [-0.25, -0.2) is 4.99 Å². The third kappa shape index (κ3) is 8.89. The third-order valence-corrected chi connectivity index (χ3v) is 4.88. The van der Waals surface area contributed by atoms with E-state index in [0.717, 1.165) is 50.9 Å². The summed E-state index contributed by atoms with van der Waals surface area (Å²) in [4.78, 5) is 7.04. The third-order valence-electron chi connectivity index (χ3n) is 4.88. The molecule has 1 heterocycles. The van der Waals surface area contributed by atoms with Crippen molar-refractivity contribution in [2.45, 2.75) is 45.6 Å². The lowest BCUT2D eigenvalue weighted by molar-refractivity contribution is -0.176. The Balaban J connectivity index is 1.86. The highest BCUT2D eigenvalue weighted by Gasteiger charge is 2.28.